The highest BCUT2D eigenvalue weighted by molar-refractivity contribution is 6.67. The summed E-state index contributed by atoms with van der Waals surface area (Å²) in [5.41, 5.74) is 1.03. The molecule has 0 aromatic carbocycles. The van der Waals surface area contributed by atoms with Gasteiger partial charge in [-0.2, -0.15) is 0 Å². The summed E-state index contributed by atoms with van der Waals surface area (Å²) in [6, 6.07) is 3.06. The minimum Gasteiger partial charge on any atom is -0.131 e. The van der Waals surface area contributed by atoms with Gasteiger partial charge in [0.25, 0.3) is 0 Å². The van der Waals surface area contributed by atoms with Crippen LogP contribution in [0.4, 0.5) is 0 Å². The quantitative estimate of drug-likeness (QED) is 0.372. The van der Waals surface area contributed by atoms with E-state index in [1.165, 1.54) is 50.6 Å². The summed E-state index contributed by atoms with van der Waals surface area (Å²) < 4.78 is 0. The van der Waals surface area contributed by atoms with Crippen LogP contribution in [-0.2, 0) is 0 Å². The molecule has 0 amide bonds. The van der Waals surface area contributed by atoms with E-state index < -0.39 is 8.80 Å². The Morgan fingerprint density at radius 1 is 1.23 bits per heavy atom. The van der Waals surface area contributed by atoms with Crippen LogP contribution in [0, 0.1) is 5.92 Å². The normalized spacial score (nSPS) is 29.1. The molecule has 0 N–H and O–H groups in total. The Hall–Kier alpha value is 0.507. The Morgan fingerprint density at radius 3 is 2.46 bits per heavy atom. The second-order valence-electron chi connectivity index (χ2n) is 4.54. The Labute approximate surface area is 89.7 Å². The van der Waals surface area contributed by atoms with Crippen LogP contribution in [0.25, 0.3) is 0 Å². The SMILES string of the molecule is CCCCC[C@H]1CC[Si@H](CCl)CC1. The molecule has 13 heavy (non-hydrogen) atoms. The molecule has 0 atom stereocenters. The van der Waals surface area contributed by atoms with Gasteiger partial charge in [-0.1, -0.05) is 57.5 Å². The van der Waals surface area contributed by atoms with Gasteiger partial charge in [-0.25, -0.2) is 0 Å². The zero-order valence-electron chi connectivity index (χ0n) is 8.90. The first kappa shape index (κ1) is 11.6. The van der Waals surface area contributed by atoms with Gasteiger partial charge in [0.1, 0.15) is 0 Å². The van der Waals surface area contributed by atoms with Crippen molar-refractivity contribution in [2.24, 2.45) is 5.92 Å². The molecule has 0 bridgehead atoms. The summed E-state index contributed by atoms with van der Waals surface area (Å²) in [7, 11) is -0.420. The van der Waals surface area contributed by atoms with Crippen molar-refractivity contribution in [2.45, 2.75) is 57.5 Å². The highest BCUT2D eigenvalue weighted by atomic mass is 35.5. The van der Waals surface area contributed by atoms with Gasteiger partial charge in [0, 0.05) is 5.50 Å². The molecule has 0 aliphatic carbocycles. The first-order valence-corrected chi connectivity index (χ1v) is 8.91. The van der Waals surface area contributed by atoms with E-state index in [-0.39, 0.29) is 0 Å². The third kappa shape index (κ3) is 4.50. The van der Waals surface area contributed by atoms with E-state index in [0.717, 1.165) is 11.4 Å². The van der Waals surface area contributed by atoms with Crippen molar-refractivity contribution in [3.63, 3.8) is 0 Å². The van der Waals surface area contributed by atoms with Gasteiger partial charge in [-0.15, -0.1) is 11.6 Å². The standard InChI is InChI=1S/C11H23ClSi/c1-2-3-4-5-11-6-8-13(10-12)9-7-11/h11,13H,2-10H2,1H3/t11-,13-. The smallest absolute Gasteiger partial charge is 0.0540 e. The van der Waals surface area contributed by atoms with Crippen LogP contribution in [0.3, 0.4) is 0 Å². The van der Waals surface area contributed by atoms with Crippen molar-refractivity contribution in [2.75, 3.05) is 5.50 Å². The first-order chi connectivity index (χ1) is 6.36. The van der Waals surface area contributed by atoms with E-state index in [4.69, 9.17) is 11.6 Å². The maximum Gasteiger partial charge on any atom is 0.0540 e. The van der Waals surface area contributed by atoms with Crippen molar-refractivity contribution < 1.29 is 0 Å². The second kappa shape index (κ2) is 6.89. The van der Waals surface area contributed by atoms with Crippen molar-refractivity contribution in [3.8, 4) is 0 Å². The van der Waals surface area contributed by atoms with E-state index >= 15 is 0 Å². The van der Waals surface area contributed by atoms with Gasteiger partial charge in [-0.05, 0) is 5.92 Å². The molecule has 1 rings (SSSR count). The molecule has 0 unspecified atom stereocenters. The lowest BCUT2D eigenvalue weighted by Crippen LogP contribution is -2.23. The third-order valence-corrected chi connectivity index (χ3v) is 7.45. The summed E-state index contributed by atoms with van der Waals surface area (Å²) in [6.07, 6.45) is 8.78. The van der Waals surface area contributed by atoms with Crippen molar-refractivity contribution in [3.05, 3.63) is 0 Å². The lowest BCUT2D eigenvalue weighted by atomic mass is 9.96. The molecular weight excluding hydrogens is 196 g/mol. The summed E-state index contributed by atoms with van der Waals surface area (Å²) in [6.45, 7) is 2.29. The topological polar surface area (TPSA) is 0 Å². The largest absolute Gasteiger partial charge is 0.131 e. The average molecular weight is 219 g/mol. The monoisotopic (exact) mass is 218 g/mol. The predicted octanol–water partition coefficient (Wildman–Crippen LogP) is 3.98. The molecular formula is C11H23ClSi. The number of hydrogen-bond donors (Lipinski definition) is 0. The maximum atomic E-state index is 5.92. The van der Waals surface area contributed by atoms with Crippen LogP contribution in [0.2, 0.25) is 12.1 Å². The molecule has 1 aliphatic rings. The Kier molecular flexibility index (Phi) is 6.14. The zero-order chi connectivity index (χ0) is 9.52. The van der Waals surface area contributed by atoms with Gasteiger partial charge in [0.2, 0.25) is 0 Å². The number of alkyl halides is 1. The molecule has 0 aromatic rings. The molecule has 2 heteroatoms. The Bertz CT molecular complexity index is 117. The van der Waals surface area contributed by atoms with Crippen LogP contribution < -0.4 is 0 Å². The fraction of sp³-hybridized carbons (Fsp3) is 1.00. The Morgan fingerprint density at radius 2 is 1.92 bits per heavy atom. The number of rotatable bonds is 5. The summed E-state index contributed by atoms with van der Waals surface area (Å²) in [5.74, 6) is 1.07. The van der Waals surface area contributed by atoms with Crippen molar-refractivity contribution >= 4 is 20.4 Å². The first-order valence-electron chi connectivity index (χ1n) is 5.92. The lowest BCUT2D eigenvalue weighted by molar-refractivity contribution is 0.417. The highest BCUT2D eigenvalue weighted by Gasteiger charge is 2.20. The molecule has 0 saturated carbocycles. The van der Waals surface area contributed by atoms with Crippen LogP contribution in [0.15, 0.2) is 0 Å². The average Bonchev–Trinajstić information content (AvgIpc) is 2.19. The summed E-state index contributed by atoms with van der Waals surface area (Å²) in [4.78, 5) is 0. The molecule has 0 spiro atoms. The van der Waals surface area contributed by atoms with Crippen LogP contribution in [-0.4, -0.2) is 14.3 Å². The highest BCUT2D eigenvalue weighted by Crippen LogP contribution is 2.29. The fourth-order valence-electron chi connectivity index (χ4n) is 2.36. The lowest BCUT2D eigenvalue weighted by Gasteiger charge is -2.26. The van der Waals surface area contributed by atoms with E-state index in [0.29, 0.717) is 0 Å². The molecule has 78 valence electrons. The number of hydrogen-bond acceptors (Lipinski definition) is 0. The van der Waals surface area contributed by atoms with Crippen LogP contribution in [0.5, 0.6) is 0 Å². The number of halogens is 1. The van der Waals surface area contributed by atoms with Gasteiger partial charge in [0.15, 0.2) is 0 Å². The van der Waals surface area contributed by atoms with Gasteiger partial charge in [0.05, 0.1) is 8.80 Å². The van der Waals surface area contributed by atoms with E-state index in [1.54, 1.807) is 0 Å². The van der Waals surface area contributed by atoms with E-state index in [2.05, 4.69) is 6.92 Å². The molecule has 0 aromatic heterocycles. The van der Waals surface area contributed by atoms with Crippen molar-refractivity contribution in [1.29, 1.82) is 0 Å². The van der Waals surface area contributed by atoms with E-state index in [9.17, 15) is 0 Å². The Balaban J connectivity index is 2.03. The molecule has 1 aliphatic heterocycles. The minimum atomic E-state index is -0.420. The van der Waals surface area contributed by atoms with Crippen LogP contribution in [0.1, 0.15) is 45.4 Å². The molecule has 1 saturated heterocycles. The number of unbranched alkanes of at least 4 members (excludes halogenated alkanes) is 2. The van der Waals surface area contributed by atoms with Crippen molar-refractivity contribution in [1.82, 2.24) is 0 Å². The minimum absolute atomic E-state index is 0.420. The summed E-state index contributed by atoms with van der Waals surface area (Å²) >= 11 is 5.92. The van der Waals surface area contributed by atoms with Gasteiger partial charge >= 0.3 is 0 Å². The molecule has 1 fully saturated rings. The fourth-order valence-corrected chi connectivity index (χ4v) is 5.77. The molecule has 0 nitrogen and oxygen atoms in total. The third-order valence-electron chi connectivity index (χ3n) is 3.40. The molecule has 1 heterocycles. The predicted molar refractivity (Wildman–Crippen MR) is 64.3 cm³/mol. The van der Waals surface area contributed by atoms with E-state index in [1.807, 2.05) is 0 Å². The second-order valence-corrected chi connectivity index (χ2v) is 8.66. The van der Waals surface area contributed by atoms with Gasteiger partial charge < -0.3 is 0 Å². The van der Waals surface area contributed by atoms with Crippen LogP contribution >= 0.6 is 11.6 Å². The zero-order valence-corrected chi connectivity index (χ0v) is 10.8. The maximum absolute atomic E-state index is 5.92. The summed E-state index contributed by atoms with van der Waals surface area (Å²) in [5, 5.41) is 0. The van der Waals surface area contributed by atoms with Gasteiger partial charge in [-0.3, -0.25) is 0 Å². The molecule has 0 radical (unpaired) electrons.